The maximum atomic E-state index is 12.6. The summed E-state index contributed by atoms with van der Waals surface area (Å²) in [5, 5.41) is 1.34. The van der Waals surface area contributed by atoms with Crippen LogP contribution in [-0.4, -0.2) is 27.7 Å². The van der Waals surface area contributed by atoms with Crippen LogP contribution in [-0.2, 0) is 14.8 Å². The van der Waals surface area contributed by atoms with Gasteiger partial charge in [0.05, 0.1) is 17.0 Å². The highest BCUT2D eigenvalue weighted by molar-refractivity contribution is 7.89. The first kappa shape index (κ1) is 15.8. The minimum Gasteiger partial charge on any atom is -0.398 e. The van der Waals surface area contributed by atoms with Crippen LogP contribution in [0.5, 0.6) is 0 Å². The zero-order valence-electron chi connectivity index (χ0n) is 12.4. The molecule has 114 valence electrons. The Balaban J connectivity index is 2.54. The largest absolute Gasteiger partial charge is 0.398 e. The van der Waals surface area contributed by atoms with Gasteiger partial charge in [0, 0.05) is 23.6 Å². The molecule has 5 nitrogen and oxygen atoms in total. The van der Waals surface area contributed by atoms with Gasteiger partial charge in [0.2, 0.25) is 10.0 Å². The lowest BCUT2D eigenvalue weighted by atomic mass is 10.1. The number of sulfonamides is 1. The van der Waals surface area contributed by atoms with Crippen LogP contribution in [0.4, 0.5) is 5.69 Å². The molecule has 0 atom stereocenters. The van der Waals surface area contributed by atoms with E-state index in [0.717, 1.165) is 5.39 Å². The molecule has 0 unspecified atom stereocenters. The van der Waals surface area contributed by atoms with E-state index in [-0.39, 0.29) is 11.5 Å². The fourth-order valence-corrected chi connectivity index (χ4v) is 3.95. The van der Waals surface area contributed by atoms with Gasteiger partial charge in [0.25, 0.3) is 0 Å². The minimum atomic E-state index is -3.67. The minimum absolute atomic E-state index is 0.219. The van der Waals surface area contributed by atoms with E-state index in [9.17, 15) is 8.42 Å². The van der Waals surface area contributed by atoms with Gasteiger partial charge in [-0.15, -0.1) is 0 Å². The number of ether oxygens (including phenoxy) is 1. The van der Waals surface area contributed by atoms with Crippen molar-refractivity contribution < 1.29 is 13.2 Å². The molecule has 3 N–H and O–H groups in total. The van der Waals surface area contributed by atoms with Gasteiger partial charge >= 0.3 is 0 Å². The second-order valence-electron chi connectivity index (χ2n) is 5.62. The lowest BCUT2D eigenvalue weighted by Gasteiger charge is -2.25. The van der Waals surface area contributed by atoms with Crippen LogP contribution >= 0.6 is 0 Å². The average Bonchev–Trinajstić information content (AvgIpc) is 2.37. The quantitative estimate of drug-likeness (QED) is 0.829. The predicted octanol–water partition coefficient (Wildman–Crippen LogP) is 2.13. The number of methoxy groups -OCH3 is 1. The summed E-state index contributed by atoms with van der Waals surface area (Å²) in [5.41, 5.74) is 5.77. The number of anilines is 1. The van der Waals surface area contributed by atoms with Gasteiger partial charge in [-0.25, -0.2) is 13.1 Å². The Kier molecular flexibility index (Phi) is 4.22. The second-order valence-corrected chi connectivity index (χ2v) is 7.27. The van der Waals surface area contributed by atoms with E-state index in [0.29, 0.717) is 11.1 Å². The second kappa shape index (κ2) is 5.63. The Morgan fingerprint density at radius 3 is 2.38 bits per heavy atom. The Bertz CT molecular complexity index is 755. The Labute approximate surface area is 125 Å². The fourth-order valence-electron chi connectivity index (χ4n) is 2.34. The summed E-state index contributed by atoms with van der Waals surface area (Å²) >= 11 is 0. The van der Waals surface area contributed by atoms with Gasteiger partial charge in [0.15, 0.2) is 0 Å². The van der Waals surface area contributed by atoms with Crippen molar-refractivity contribution in [3.63, 3.8) is 0 Å². The van der Waals surface area contributed by atoms with Crippen LogP contribution in [0.1, 0.15) is 13.8 Å². The molecular formula is C15H20N2O3S. The molecule has 2 rings (SSSR count). The maximum Gasteiger partial charge on any atom is 0.241 e. The van der Waals surface area contributed by atoms with E-state index >= 15 is 0 Å². The highest BCUT2D eigenvalue weighted by Crippen LogP contribution is 2.28. The van der Waals surface area contributed by atoms with Gasteiger partial charge in [-0.05, 0) is 26.0 Å². The van der Waals surface area contributed by atoms with Gasteiger partial charge < -0.3 is 10.5 Å². The van der Waals surface area contributed by atoms with Gasteiger partial charge in [0.1, 0.15) is 0 Å². The molecule has 0 amide bonds. The third-order valence-corrected chi connectivity index (χ3v) is 4.88. The molecule has 0 aliphatic heterocycles. The van der Waals surface area contributed by atoms with E-state index in [2.05, 4.69) is 4.72 Å². The van der Waals surface area contributed by atoms with Crippen molar-refractivity contribution in [3.8, 4) is 0 Å². The Morgan fingerprint density at radius 1 is 1.14 bits per heavy atom. The molecular weight excluding hydrogens is 288 g/mol. The monoisotopic (exact) mass is 308 g/mol. The van der Waals surface area contributed by atoms with E-state index in [4.69, 9.17) is 10.5 Å². The number of hydrogen-bond donors (Lipinski definition) is 2. The van der Waals surface area contributed by atoms with Gasteiger partial charge in [-0.1, -0.05) is 24.3 Å². The van der Waals surface area contributed by atoms with Crippen LogP contribution in [0.15, 0.2) is 41.3 Å². The molecule has 0 saturated heterocycles. The zero-order valence-corrected chi connectivity index (χ0v) is 13.2. The summed E-state index contributed by atoms with van der Waals surface area (Å²) in [6.45, 7) is 3.82. The summed E-state index contributed by atoms with van der Waals surface area (Å²) in [6.07, 6.45) is 0. The highest BCUT2D eigenvalue weighted by atomic mass is 32.2. The Hall–Kier alpha value is -1.63. The Morgan fingerprint density at radius 2 is 1.76 bits per heavy atom. The van der Waals surface area contributed by atoms with E-state index in [1.54, 1.807) is 32.0 Å². The fraction of sp³-hybridized carbons (Fsp3) is 0.333. The molecule has 0 radical (unpaired) electrons. The SMILES string of the molecule is COCC(C)(C)NS(=O)(=O)c1ccc(N)c2ccccc12. The normalized spacial score (nSPS) is 12.7. The summed E-state index contributed by atoms with van der Waals surface area (Å²) in [6, 6.07) is 10.3. The number of nitrogens with two attached hydrogens (primary N) is 1. The molecule has 2 aromatic rings. The zero-order chi connectivity index (χ0) is 15.7. The average molecular weight is 308 g/mol. The lowest BCUT2D eigenvalue weighted by molar-refractivity contribution is 0.141. The number of benzene rings is 2. The standard InChI is InChI=1S/C15H20N2O3S/c1-15(2,10-20-3)17-21(18,19)14-9-8-13(16)11-6-4-5-7-12(11)14/h4-9,17H,10,16H2,1-3H3. The van der Waals surface area contributed by atoms with Crippen LogP contribution in [0.2, 0.25) is 0 Å². The molecule has 0 aliphatic rings. The number of hydrogen-bond acceptors (Lipinski definition) is 4. The topological polar surface area (TPSA) is 81.4 Å². The van der Waals surface area contributed by atoms with Crippen molar-refractivity contribution in [2.45, 2.75) is 24.3 Å². The number of nitrogen functional groups attached to an aromatic ring is 1. The summed E-state index contributed by atoms with van der Waals surface area (Å²) in [5.74, 6) is 0. The van der Waals surface area contributed by atoms with Crippen molar-refractivity contribution in [1.29, 1.82) is 0 Å². The first-order chi connectivity index (χ1) is 9.77. The number of rotatable bonds is 5. The van der Waals surface area contributed by atoms with Crippen molar-refractivity contribution in [3.05, 3.63) is 36.4 Å². The van der Waals surface area contributed by atoms with E-state index in [1.807, 2.05) is 12.1 Å². The number of fused-ring (bicyclic) bond motifs is 1. The third kappa shape index (κ3) is 3.34. The molecule has 0 fully saturated rings. The molecule has 21 heavy (non-hydrogen) atoms. The van der Waals surface area contributed by atoms with Crippen LogP contribution in [0, 0.1) is 0 Å². The summed E-state index contributed by atoms with van der Waals surface area (Å²) < 4.78 is 33.0. The summed E-state index contributed by atoms with van der Waals surface area (Å²) in [4.78, 5) is 0.219. The van der Waals surface area contributed by atoms with Gasteiger partial charge in [-0.2, -0.15) is 0 Å². The van der Waals surface area contributed by atoms with Gasteiger partial charge in [-0.3, -0.25) is 0 Å². The van der Waals surface area contributed by atoms with Crippen LogP contribution in [0.25, 0.3) is 10.8 Å². The molecule has 0 heterocycles. The highest BCUT2D eigenvalue weighted by Gasteiger charge is 2.27. The summed E-state index contributed by atoms with van der Waals surface area (Å²) in [7, 11) is -2.13. The van der Waals surface area contributed by atoms with Crippen molar-refractivity contribution in [1.82, 2.24) is 4.72 Å². The van der Waals surface area contributed by atoms with Crippen LogP contribution < -0.4 is 10.5 Å². The molecule has 0 aromatic heterocycles. The molecule has 0 aliphatic carbocycles. The van der Waals surface area contributed by atoms with Crippen LogP contribution in [0.3, 0.4) is 0 Å². The number of nitrogens with one attached hydrogen (secondary N) is 1. The van der Waals surface area contributed by atoms with E-state index in [1.165, 1.54) is 13.2 Å². The molecule has 6 heteroatoms. The molecule has 0 saturated carbocycles. The smallest absolute Gasteiger partial charge is 0.241 e. The van der Waals surface area contributed by atoms with Crippen molar-refractivity contribution >= 4 is 26.5 Å². The van der Waals surface area contributed by atoms with Crippen molar-refractivity contribution in [2.24, 2.45) is 0 Å². The third-order valence-electron chi connectivity index (χ3n) is 3.12. The first-order valence-corrected chi connectivity index (χ1v) is 8.05. The maximum absolute atomic E-state index is 12.6. The lowest BCUT2D eigenvalue weighted by Crippen LogP contribution is -2.46. The predicted molar refractivity (Wildman–Crippen MR) is 84.6 cm³/mol. The molecule has 0 spiro atoms. The molecule has 2 aromatic carbocycles. The van der Waals surface area contributed by atoms with E-state index < -0.39 is 15.6 Å². The first-order valence-electron chi connectivity index (χ1n) is 6.57. The van der Waals surface area contributed by atoms with Crippen molar-refractivity contribution in [2.75, 3.05) is 19.5 Å². The molecule has 0 bridgehead atoms.